The van der Waals surface area contributed by atoms with Gasteiger partial charge in [0.15, 0.2) is 0 Å². The number of carbonyl (C=O) groups excluding carboxylic acids is 1. The highest BCUT2D eigenvalue weighted by Crippen LogP contribution is 2.27. The molecule has 0 aliphatic carbocycles. The van der Waals surface area contributed by atoms with E-state index in [1.165, 1.54) is 10.5 Å². The second kappa shape index (κ2) is 11.0. The zero-order chi connectivity index (χ0) is 19.8. The van der Waals surface area contributed by atoms with Crippen LogP contribution in [0.2, 0.25) is 0 Å². The lowest BCUT2D eigenvalue weighted by Gasteiger charge is -2.31. The molecule has 28 heavy (non-hydrogen) atoms. The number of hydrogen-bond acceptors (Lipinski definition) is 4. The molecule has 0 saturated carbocycles. The maximum absolute atomic E-state index is 12.2. The van der Waals surface area contributed by atoms with Crippen LogP contribution in [0.3, 0.4) is 0 Å². The number of thioether (sulfide) groups is 1. The Morgan fingerprint density at radius 3 is 2.89 bits per heavy atom. The van der Waals surface area contributed by atoms with Gasteiger partial charge in [0.2, 0.25) is 5.91 Å². The van der Waals surface area contributed by atoms with E-state index >= 15 is 0 Å². The van der Waals surface area contributed by atoms with Gasteiger partial charge < -0.3 is 10.1 Å². The predicted octanol–water partition coefficient (Wildman–Crippen LogP) is 4.47. The number of hydrogen-bond donors (Lipinski definition) is 1. The first-order chi connectivity index (χ1) is 13.6. The molecular weight excluding hydrogens is 436 g/mol. The van der Waals surface area contributed by atoms with Crippen LogP contribution in [-0.4, -0.2) is 42.4 Å². The topological polar surface area (TPSA) is 41.6 Å². The maximum atomic E-state index is 12.2. The van der Waals surface area contributed by atoms with E-state index in [9.17, 15) is 4.79 Å². The van der Waals surface area contributed by atoms with Crippen molar-refractivity contribution in [2.75, 3.05) is 25.4 Å². The summed E-state index contributed by atoms with van der Waals surface area (Å²) in [4.78, 5) is 15.8. The molecule has 1 unspecified atom stereocenters. The van der Waals surface area contributed by atoms with Gasteiger partial charge in [0, 0.05) is 47.7 Å². The van der Waals surface area contributed by atoms with Crippen LogP contribution in [-0.2, 0) is 22.6 Å². The van der Waals surface area contributed by atoms with Gasteiger partial charge in [-0.25, -0.2) is 0 Å². The van der Waals surface area contributed by atoms with Crippen LogP contribution in [0.15, 0.2) is 57.9 Å². The SMILES string of the molecule is CC1CN(Cc2cccc(CNC(=O)CCSc3ccccc3Br)c2)CCO1. The maximum Gasteiger partial charge on any atom is 0.221 e. The molecule has 150 valence electrons. The molecule has 6 heteroatoms. The van der Waals surface area contributed by atoms with Gasteiger partial charge in [-0.3, -0.25) is 9.69 Å². The quantitative estimate of drug-likeness (QED) is 0.587. The molecule has 1 fully saturated rings. The van der Waals surface area contributed by atoms with Crippen molar-refractivity contribution in [3.05, 3.63) is 64.1 Å². The van der Waals surface area contributed by atoms with Gasteiger partial charge in [0.1, 0.15) is 0 Å². The lowest BCUT2D eigenvalue weighted by atomic mass is 10.1. The minimum atomic E-state index is 0.0898. The molecule has 1 saturated heterocycles. The molecule has 3 rings (SSSR count). The predicted molar refractivity (Wildman–Crippen MR) is 118 cm³/mol. The monoisotopic (exact) mass is 462 g/mol. The van der Waals surface area contributed by atoms with E-state index in [4.69, 9.17) is 4.74 Å². The Morgan fingerprint density at radius 1 is 1.25 bits per heavy atom. The molecule has 1 N–H and O–H groups in total. The fourth-order valence-electron chi connectivity index (χ4n) is 3.23. The van der Waals surface area contributed by atoms with Crippen LogP contribution >= 0.6 is 27.7 Å². The molecule has 2 aromatic rings. The number of rotatable bonds is 8. The van der Waals surface area contributed by atoms with Crippen molar-refractivity contribution in [2.24, 2.45) is 0 Å². The number of nitrogens with one attached hydrogen (secondary N) is 1. The molecule has 0 radical (unpaired) electrons. The van der Waals surface area contributed by atoms with Crippen LogP contribution in [0.1, 0.15) is 24.5 Å². The Balaban J connectivity index is 1.41. The third-order valence-corrected chi connectivity index (χ3v) is 6.66. The van der Waals surface area contributed by atoms with E-state index in [1.54, 1.807) is 11.8 Å². The van der Waals surface area contributed by atoms with Gasteiger partial charge in [-0.1, -0.05) is 36.4 Å². The Labute approximate surface area is 180 Å². The first-order valence-corrected chi connectivity index (χ1v) is 11.4. The van der Waals surface area contributed by atoms with Crippen LogP contribution in [0.5, 0.6) is 0 Å². The van der Waals surface area contributed by atoms with Crippen molar-refractivity contribution < 1.29 is 9.53 Å². The summed E-state index contributed by atoms with van der Waals surface area (Å²) in [7, 11) is 0. The first kappa shape index (κ1) is 21.4. The van der Waals surface area contributed by atoms with Crippen molar-refractivity contribution in [1.29, 1.82) is 0 Å². The number of morpholine rings is 1. The average molecular weight is 463 g/mol. The Kier molecular flexibility index (Phi) is 8.40. The van der Waals surface area contributed by atoms with Crippen molar-refractivity contribution in [3.8, 4) is 0 Å². The molecule has 0 bridgehead atoms. The lowest BCUT2D eigenvalue weighted by Crippen LogP contribution is -2.40. The van der Waals surface area contributed by atoms with E-state index in [0.29, 0.717) is 19.1 Å². The fraction of sp³-hybridized carbons (Fsp3) is 0.409. The summed E-state index contributed by atoms with van der Waals surface area (Å²) in [5.74, 6) is 0.857. The molecule has 1 aliphatic rings. The van der Waals surface area contributed by atoms with Gasteiger partial charge in [-0.2, -0.15) is 0 Å². The minimum absolute atomic E-state index is 0.0898. The number of carbonyl (C=O) groups is 1. The summed E-state index contributed by atoms with van der Waals surface area (Å²) in [5, 5.41) is 3.04. The average Bonchev–Trinajstić information content (AvgIpc) is 2.68. The fourth-order valence-corrected chi connectivity index (χ4v) is 4.75. The molecule has 4 nitrogen and oxygen atoms in total. The van der Waals surface area contributed by atoms with Gasteiger partial charge in [0.25, 0.3) is 0 Å². The van der Waals surface area contributed by atoms with Crippen LogP contribution in [0, 0.1) is 0 Å². The minimum Gasteiger partial charge on any atom is -0.376 e. The van der Waals surface area contributed by atoms with Gasteiger partial charge >= 0.3 is 0 Å². The summed E-state index contributed by atoms with van der Waals surface area (Å²) in [6.07, 6.45) is 0.808. The standard InChI is InChI=1S/C22H27BrN2O2S/c1-17-15-25(10-11-27-17)16-19-6-4-5-18(13-19)14-24-22(26)9-12-28-21-8-3-2-7-20(21)23/h2-8,13,17H,9-12,14-16H2,1H3,(H,24,26). The van der Waals surface area contributed by atoms with E-state index in [0.717, 1.165) is 42.0 Å². The van der Waals surface area contributed by atoms with E-state index in [2.05, 4.69) is 63.4 Å². The molecule has 0 aromatic heterocycles. The molecule has 1 aliphatic heterocycles. The van der Waals surface area contributed by atoms with Crippen molar-refractivity contribution >= 4 is 33.6 Å². The Morgan fingerprint density at radius 2 is 2.07 bits per heavy atom. The zero-order valence-corrected chi connectivity index (χ0v) is 18.6. The van der Waals surface area contributed by atoms with E-state index in [1.807, 2.05) is 18.2 Å². The summed E-state index contributed by atoms with van der Waals surface area (Å²) >= 11 is 5.23. The molecule has 1 heterocycles. The van der Waals surface area contributed by atoms with Crippen molar-refractivity contribution in [3.63, 3.8) is 0 Å². The summed E-state index contributed by atoms with van der Waals surface area (Å²) < 4.78 is 6.68. The molecule has 1 amide bonds. The summed E-state index contributed by atoms with van der Waals surface area (Å²) in [6.45, 7) is 6.36. The third-order valence-electron chi connectivity index (χ3n) is 4.64. The molecule has 1 atom stereocenters. The second-order valence-electron chi connectivity index (χ2n) is 7.04. The molecular formula is C22H27BrN2O2S. The highest BCUT2D eigenvalue weighted by molar-refractivity contribution is 9.10. The molecule has 2 aromatic carbocycles. The molecule has 0 spiro atoms. The number of halogens is 1. The number of nitrogens with zero attached hydrogens (tertiary/aromatic N) is 1. The van der Waals surface area contributed by atoms with Crippen LogP contribution in [0.4, 0.5) is 0 Å². The second-order valence-corrected chi connectivity index (χ2v) is 9.03. The summed E-state index contributed by atoms with van der Waals surface area (Å²) in [6, 6.07) is 16.6. The third kappa shape index (κ3) is 6.92. The Hall–Kier alpha value is -1.34. The number of benzene rings is 2. The van der Waals surface area contributed by atoms with Gasteiger partial charge in [-0.15, -0.1) is 11.8 Å². The smallest absolute Gasteiger partial charge is 0.221 e. The Bertz CT molecular complexity index is 787. The highest BCUT2D eigenvalue weighted by atomic mass is 79.9. The lowest BCUT2D eigenvalue weighted by molar-refractivity contribution is -0.120. The van der Waals surface area contributed by atoms with Crippen molar-refractivity contribution in [1.82, 2.24) is 10.2 Å². The van der Waals surface area contributed by atoms with Gasteiger partial charge in [-0.05, 0) is 46.1 Å². The van der Waals surface area contributed by atoms with Crippen LogP contribution < -0.4 is 5.32 Å². The van der Waals surface area contributed by atoms with Crippen molar-refractivity contribution in [2.45, 2.75) is 37.4 Å². The number of ether oxygens (including phenoxy) is 1. The highest BCUT2D eigenvalue weighted by Gasteiger charge is 2.16. The van der Waals surface area contributed by atoms with E-state index in [-0.39, 0.29) is 5.91 Å². The van der Waals surface area contributed by atoms with Gasteiger partial charge in [0.05, 0.1) is 12.7 Å². The zero-order valence-electron chi connectivity index (χ0n) is 16.2. The largest absolute Gasteiger partial charge is 0.376 e. The summed E-state index contributed by atoms with van der Waals surface area (Å²) in [5.41, 5.74) is 2.43. The first-order valence-electron chi connectivity index (χ1n) is 9.66. The van der Waals surface area contributed by atoms with Crippen LogP contribution in [0.25, 0.3) is 0 Å². The normalized spacial score (nSPS) is 17.4. The van der Waals surface area contributed by atoms with E-state index < -0.39 is 0 Å². The number of amides is 1.